The first-order valence-electron chi connectivity index (χ1n) is 7.80. The van der Waals surface area contributed by atoms with Crippen LogP contribution in [0.25, 0.3) is 0 Å². The summed E-state index contributed by atoms with van der Waals surface area (Å²) in [6, 6.07) is 9.61. The van der Waals surface area contributed by atoms with E-state index in [-0.39, 0.29) is 0 Å². The third-order valence-electron chi connectivity index (χ3n) is 3.43. The van der Waals surface area contributed by atoms with Gasteiger partial charge in [-0.1, -0.05) is 13.0 Å². The van der Waals surface area contributed by atoms with Gasteiger partial charge in [0.1, 0.15) is 5.75 Å². The average Bonchev–Trinajstić information content (AvgIpc) is 2.54. The van der Waals surface area contributed by atoms with Crippen LogP contribution in [0.15, 0.2) is 36.4 Å². The molecular weight excluding hydrogens is 298 g/mol. The number of hydrogen-bond donors (Lipinski definition) is 2. The fraction of sp³-hybridized carbons (Fsp3) is 0.333. The zero-order chi connectivity index (χ0) is 16.7. The summed E-state index contributed by atoms with van der Waals surface area (Å²) in [5, 5.41) is 3.07. The number of hydrogen-bond acceptors (Lipinski definition) is 3. The Morgan fingerprint density at radius 1 is 1.09 bits per heavy atom. The number of nitrogens with one attached hydrogen (secondary N) is 1. The van der Waals surface area contributed by atoms with Gasteiger partial charge in [-0.05, 0) is 55.2 Å². The van der Waals surface area contributed by atoms with E-state index in [4.69, 9.17) is 10.5 Å². The van der Waals surface area contributed by atoms with Gasteiger partial charge in [0.2, 0.25) is 0 Å². The Hall–Kier alpha value is -2.30. The summed E-state index contributed by atoms with van der Waals surface area (Å²) in [5.41, 5.74) is 8.31. The maximum atomic E-state index is 13.1. The van der Waals surface area contributed by atoms with Crippen LogP contribution in [0.5, 0.6) is 5.75 Å². The second-order valence-corrected chi connectivity index (χ2v) is 5.38. The van der Waals surface area contributed by atoms with Crippen molar-refractivity contribution in [3.63, 3.8) is 0 Å². The topological polar surface area (TPSA) is 47.3 Å². The molecule has 0 saturated heterocycles. The lowest BCUT2D eigenvalue weighted by atomic mass is 10.1. The van der Waals surface area contributed by atoms with Crippen molar-refractivity contribution < 1.29 is 13.5 Å². The molecule has 0 aromatic heterocycles. The van der Waals surface area contributed by atoms with Crippen molar-refractivity contribution in [3.8, 4) is 5.75 Å². The molecule has 2 aromatic carbocycles. The molecule has 0 fully saturated rings. The molecule has 0 heterocycles. The number of halogens is 2. The van der Waals surface area contributed by atoms with Crippen LogP contribution >= 0.6 is 0 Å². The third kappa shape index (κ3) is 5.13. The second-order valence-electron chi connectivity index (χ2n) is 5.38. The quantitative estimate of drug-likeness (QED) is 0.560. The Bertz CT molecular complexity index is 647. The molecule has 5 heteroatoms. The molecule has 0 unspecified atom stereocenters. The number of aryl methyl sites for hydroxylation is 1. The van der Waals surface area contributed by atoms with E-state index in [2.05, 4.69) is 5.32 Å². The molecule has 0 saturated carbocycles. The zero-order valence-corrected chi connectivity index (χ0v) is 13.2. The van der Waals surface area contributed by atoms with E-state index >= 15 is 0 Å². The van der Waals surface area contributed by atoms with E-state index < -0.39 is 11.6 Å². The molecule has 23 heavy (non-hydrogen) atoms. The Morgan fingerprint density at radius 2 is 1.91 bits per heavy atom. The molecule has 3 nitrogen and oxygen atoms in total. The summed E-state index contributed by atoms with van der Waals surface area (Å²) in [7, 11) is 0. The molecular formula is C18H22F2N2O. The summed E-state index contributed by atoms with van der Waals surface area (Å²) in [6.07, 6.45) is 2.64. The van der Waals surface area contributed by atoms with Crippen LogP contribution in [0, 0.1) is 11.6 Å². The van der Waals surface area contributed by atoms with Crippen molar-refractivity contribution in [1.82, 2.24) is 0 Å². The number of rotatable bonds is 8. The van der Waals surface area contributed by atoms with Crippen LogP contribution in [-0.4, -0.2) is 13.2 Å². The number of nitrogens with two attached hydrogens (primary N) is 1. The standard InChI is InChI=1S/C18H22F2N2O/c1-2-10-23-18-8-5-13(11-17(18)21)4-3-9-22-14-6-7-15(19)16(20)12-14/h5-8,11-12,22H,2-4,9-10,21H2,1H3. The van der Waals surface area contributed by atoms with Crippen molar-refractivity contribution >= 4 is 11.4 Å². The van der Waals surface area contributed by atoms with Crippen molar-refractivity contribution in [2.45, 2.75) is 26.2 Å². The average molecular weight is 320 g/mol. The molecule has 0 amide bonds. The van der Waals surface area contributed by atoms with E-state index in [1.54, 1.807) is 0 Å². The molecule has 3 N–H and O–H groups in total. The van der Waals surface area contributed by atoms with Gasteiger partial charge in [0.05, 0.1) is 12.3 Å². The van der Waals surface area contributed by atoms with E-state index in [0.717, 1.165) is 42.7 Å². The highest BCUT2D eigenvalue weighted by Crippen LogP contribution is 2.23. The molecule has 0 spiro atoms. The number of nitrogen functional groups attached to an aromatic ring is 1. The summed E-state index contributed by atoms with van der Waals surface area (Å²) in [6.45, 7) is 3.37. The van der Waals surface area contributed by atoms with Crippen molar-refractivity contribution in [2.75, 3.05) is 24.2 Å². The lowest BCUT2D eigenvalue weighted by molar-refractivity contribution is 0.319. The summed E-state index contributed by atoms with van der Waals surface area (Å²) in [5.74, 6) is -0.961. The van der Waals surface area contributed by atoms with Gasteiger partial charge in [-0.15, -0.1) is 0 Å². The van der Waals surface area contributed by atoms with Crippen LogP contribution < -0.4 is 15.8 Å². The highest BCUT2D eigenvalue weighted by atomic mass is 19.2. The molecule has 124 valence electrons. The first-order chi connectivity index (χ1) is 11.1. The van der Waals surface area contributed by atoms with Gasteiger partial charge in [-0.3, -0.25) is 0 Å². The summed E-state index contributed by atoms with van der Waals surface area (Å²) in [4.78, 5) is 0. The summed E-state index contributed by atoms with van der Waals surface area (Å²) >= 11 is 0. The first kappa shape index (κ1) is 17.1. The molecule has 0 atom stereocenters. The van der Waals surface area contributed by atoms with Crippen LogP contribution in [0.2, 0.25) is 0 Å². The minimum absolute atomic E-state index is 0.576. The molecule has 0 aliphatic rings. The molecule has 2 rings (SSSR count). The van der Waals surface area contributed by atoms with Gasteiger partial charge in [0.25, 0.3) is 0 Å². The maximum Gasteiger partial charge on any atom is 0.160 e. The SMILES string of the molecule is CCCOc1ccc(CCCNc2ccc(F)c(F)c2)cc1N. The zero-order valence-electron chi connectivity index (χ0n) is 13.2. The minimum Gasteiger partial charge on any atom is -0.491 e. The predicted octanol–water partition coefficient (Wildman–Crippen LogP) is 4.38. The molecule has 0 aliphatic heterocycles. The van der Waals surface area contributed by atoms with Gasteiger partial charge >= 0.3 is 0 Å². The number of benzene rings is 2. The first-order valence-corrected chi connectivity index (χ1v) is 7.80. The summed E-state index contributed by atoms with van der Waals surface area (Å²) < 4.78 is 31.5. The van der Waals surface area contributed by atoms with Crippen molar-refractivity contribution in [3.05, 3.63) is 53.6 Å². The Kier molecular flexibility index (Phi) is 6.20. The van der Waals surface area contributed by atoms with Crippen LogP contribution in [-0.2, 0) is 6.42 Å². The van der Waals surface area contributed by atoms with Crippen molar-refractivity contribution in [1.29, 1.82) is 0 Å². The molecule has 0 radical (unpaired) electrons. The Morgan fingerprint density at radius 3 is 2.61 bits per heavy atom. The van der Waals surface area contributed by atoms with E-state index in [0.29, 0.717) is 24.5 Å². The smallest absolute Gasteiger partial charge is 0.160 e. The number of anilines is 2. The van der Waals surface area contributed by atoms with Gasteiger partial charge in [-0.25, -0.2) is 8.78 Å². The van der Waals surface area contributed by atoms with Gasteiger partial charge in [-0.2, -0.15) is 0 Å². The molecule has 0 bridgehead atoms. The van der Waals surface area contributed by atoms with Gasteiger partial charge in [0.15, 0.2) is 11.6 Å². The van der Waals surface area contributed by atoms with Crippen LogP contribution in [0.4, 0.5) is 20.2 Å². The number of ether oxygens (including phenoxy) is 1. The second kappa shape index (κ2) is 8.36. The highest BCUT2D eigenvalue weighted by molar-refractivity contribution is 5.54. The normalized spacial score (nSPS) is 10.6. The van der Waals surface area contributed by atoms with Gasteiger partial charge < -0.3 is 15.8 Å². The Labute approximate surface area is 135 Å². The monoisotopic (exact) mass is 320 g/mol. The lowest BCUT2D eigenvalue weighted by Crippen LogP contribution is -2.04. The van der Waals surface area contributed by atoms with Crippen LogP contribution in [0.1, 0.15) is 25.3 Å². The minimum atomic E-state index is -0.842. The van der Waals surface area contributed by atoms with Crippen LogP contribution in [0.3, 0.4) is 0 Å². The molecule has 2 aromatic rings. The fourth-order valence-electron chi connectivity index (χ4n) is 2.23. The molecule has 0 aliphatic carbocycles. The van der Waals surface area contributed by atoms with Crippen molar-refractivity contribution in [2.24, 2.45) is 0 Å². The Balaban J connectivity index is 1.79. The largest absolute Gasteiger partial charge is 0.491 e. The van der Waals surface area contributed by atoms with Gasteiger partial charge in [0, 0.05) is 12.2 Å². The maximum absolute atomic E-state index is 13.1. The van der Waals surface area contributed by atoms with E-state index in [1.807, 2.05) is 25.1 Å². The lowest BCUT2D eigenvalue weighted by Gasteiger charge is -2.10. The van der Waals surface area contributed by atoms with E-state index in [9.17, 15) is 8.78 Å². The fourth-order valence-corrected chi connectivity index (χ4v) is 2.23. The van der Waals surface area contributed by atoms with E-state index in [1.165, 1.54) is 6.07 Å². The third-order valence-corrected chi connectivity index (χ3v) is 3.43. The highest BCUT2D eigenvalue weighted by Gasteiger charge is 2.03. The predicted molar refractivity (Wildman–Crippen MR) is 89.8 cm³/mol.